The van der Waals surface area contributed by atoms with Gasteiger partial charge in [-0.3, -0.25) is 4.79 Å². The van der Waals surface area contributed by atoms with E-state index in [2.05, 4.69) is 64.5 Å². The summed E-state index contributed by atoms with van der Waals surface area (Å²) in [5.41, 5.74) is 8.91. The van der Waals surface area contributed by atoms with Crippen LogP contribution in [-0.4, -0.2) is 10.5 Å². The third kappa shape index (κ3) is 1.88. The molecular formula is C26H19N3O. The summed E-state index contributed by atoms with van der Waals surface area (Å²) in [6, 6.07) is 19.5. The minimum atomic E-state index is -0.250. The molecule has 30 heavy (non-hydrogen) atoms. The summed E-state index contributed by atoms with van der Waals surface area (Å²) in [4.78, 5) is 12.9. The Bertz CT molecular complexity index is 1480. The molecule has 0 spiro atoms. The fourth-order valence-electron chi connectivity index (χ4n) is 5.65. The summed E-state index contributed by atoms with van der Waals surface area (Å²) in [6.07, 6.45) is 2.76. The Morgan fingerprint density at radius 2 is 1.83 bits per heavy atom. The monoisotopic (exact) mass is 389 g/mol. The molecule has 1 saturated carbocycles. The highest BCUT2D eigenvalue weighted by molar-refractivity contribution is 6.20. The van der Waals surface area contributed by atoms with Crippen molar-refractivity contribution in [1.29, 1.82) is 5.26 Å². The van der Waals surface area contributed by atoms with Crippen LogP contribution < -0.4 is 5.32 Å². The van der Waals surface area contributed by atoms with Gasteiger partial charge in [-0.25, -0.2) is 0 Å². The fraction of sp³-hybridized carbons (Fsp3) is 0.231. The van der Waals surface area contributed by atoms with Gasteiger partial charge in [-0.15, -0.1) is 0 Å². The van der Waals surface area contributed by atoms with Crippen molar-refractivity contribution in [2.24, 2.45) is 5.41 Å². The Balaban J connectivity index is 1.68. The lowest BCUT2D eigenvalue weighted by Gasteiger charge is -2.15. The van der Waals surface area contributed by atoms with Crippen LogP contribution in [0.3, 0.4) is 0 Å². The standard InChI is InChI=1S/C26H19N3O/c27-13-26(9-10-26)14-29-20-8-4-3-7-17(20)22-19-12-28-25(30)23(19)21-16-6-2-1-5-15(16)11-18(21)24(22)29/h1-8H,9-12,14H2,(H,28,30). The number of hydrogen-bond donors (Lipinski definition) is 1. The van der Waals surface area contributed by atoms with Crippen molar-refractivity contribution in [3.8, 4) is 17.2 Å². The molecule has 4 nitrogen and oxygen atoms in total. The average Bonchev–Trinajstić information content (AvgIpc) is 3.13. The third-order valence-electron chi connectivity index (χ3n) is 7.27. The predicted molar refractivity (Wildman–Crippen MR) is 116 cm³/mol. The van der Waals surface area contributed by atoms with Crippen LogP contribution in [0.2, 0.25) is 0 Å². The summed E-state index contributed by atoms with van der Waals surface area (Å²) in [5, 5.41) is 15.3. The van der Waals surface area contributed by atoms with Gasteiger partial charge < -0.3 is 9.88 Å². The van der Waals surface area contributed by atoms with Crippen LogP contribution in [0.4, 0.5) is 0 Å². The van der Waals surface area contributed by atoms with E-state index in [1.165, 1.54) is 38.5 Å². The second kappa shape index (κ2) is 5.31. The molecule has 144 valence electrons. The molecule has 1 aliphatic heterocycles. The molecule has 1 fully saturated rings. The summed E-state index contributed by atoms with van der Waals surface area (Å²) in [6.45, 7) is 1.29. The SMILES string of the molecule is N#CC1(Cn2c3ccccc3c3c4c(c5c(c32)Cc2ccccc2-5)C(=O)NC4)CC1. The maximum atomic E-state index is 12.9. The Morgan fingerprint density at radius 1 is 1.03 bits per heavy atom. The van der Waals surface area contributed by atoms with E-state index >= 15 is 0 Å². The molecule has 4 aromatic rings. The highest BCUT2D eigenvalue weighted by atomic mass is 16.1. The maximum Gasteiger partial charge on any atom is 0.252 e. The van der Waals surface area contributed by atoms with Crippen LogP contribution >= 0.6 is 0 Å². The second-order valence-electron chi connectivity index (χ2n) is 8.94. The van der Waals surface area contributed by atoms with Gasteiger partial charge >= 0.3 is 0 Å². The van der Waals surface area contributed by atoms with Gasteiger partial charge in [0.15, 0.2) is 0 Å². The number of fused-ring (bicyclic) bond motifs is 10. The molecule has 4 heteroatoms. The molecular weight excluding hydrogens is 370 g/mol. The van der Waals surface area contributed by atoms with Crippen molar-refractivity contribution in [3.63, 3.8) is 0 Å². The minimum Gasteiger partial charge on any atom is -0.348 e. The minimum absolute atomic E-state index is 0.0346. The molecule has 1 N–H and O–H groups in total. The predicted octanol–water partition coefficient (Wildman–Crippen LogP) is 4.91. The quantitative estimate of drug-likeness (QED) is 0.466. The first-order chi connectivity index (χ1) is 14.7. The zero-order valence-corrected chi connectivity index (χ0v) is 16.5. The largest absolute Gasteiger partial charge is 0.348 e. The molecule has 1 amide bonds. The van der Waals surface area contributed by atoms with Gasteiger partial charge in [0.2, 0.25) is 0 Å². The first-order valence-corrected chi connectivity index (χ1v) is 10.6. The number of nitriles is 1. The van der Waals surface area contributed by atoms with Gasteiger partial charge in [0, 0.05) is 41.4 Å². The second-order valence-corrected chi connectivity index (χ2v) is 8.94. The normalized spacial score (nSPS) is 17.5. The molecule has 0 radical (unpaired) electrons. The molecule has 7 rings (SSSR count). The summed E-state index contributed by atoms with van der Waals surface area (Å²) >= 11 is 0. The zero-order valence-electron chi connectivity index (χ0n) is 16.5. The molecule has 1 aromatic heterocycles. The Kier molecular flexibility index (Phi) is 2.88. The van der Waals surface area contributed by atoms with Crippen LogP contribution in [0.5, 0.6) is 0 Å². The lowest BCUT2D eigenvalue weighted by Crippen LogP contribution is -2.13. The molecule has 0 saturated heterocycles. The van der Waals surface area contributed by atoms with Gasteiger partial charge in [0.25, 0.3) is 5.91 Å². The van der Waals surface area contributed by atoms with Gasteiger partial charge in [-0.2, -0.15) is 5.26 Å². The summed E-state index contributed by atoms with van der Waals surface area (Å²) < 4.78 is 2.38. The number of hydrogen-bond acceptors (Lipinski definition) is 2. The summed E-state index contributed by atoms with van der Waals surface area (Å²) in [7, 11) is 0. The van der Waals surface area contributed by atoms with Crippen molar-refractivity contribution in [2.45, 2.75) is 32.4 Å². The van der Waals surface area contributed by atoms with E-state index in [-0.39, 0.29) is 11.3 Å². The van der Waals surface area contributed by atoms with E-state index in [1.54, 1.807) is 0 Å². The number of carbonyl (C=O) groups is 1. The van der Waals surface area contributed by atoms with E-state index in [0.29, 0.717) is 6.54 Å². The smallest absolute Gasteiger partial charge is 0.252 e. The van der Waals surface area contributed by atoms with Crippen LogP contribution in [0, 0.1) is 16.7 Å². The molecule has 3 aliphatic rings. The number of benzene rings is 3. The van der Waals surface area contributed by atoms with Crippen molar-refractivity contribution in [2.75, 3.05) is 0 Å². The number of nitrogens with one attached hydrogen (secondary N) is 1. The Labute approximate surface area is 173 Å². The number of carbonyl (C=O) groups excluding carboxylic acids is 1. The van der Waals surface area contributed by atoms with Crippen LogP contribution in [0.15, 0.2) is 48.5 Å². The van der Waals surface area contributed by atoms with Gasteiger partial charge in [0.1, 0.15) is 0 Å². The Hall–Kier alpha value is -3.58. The van der Waals surface area contributed by atoms with Crippen molar-refractivity contribution in [1.82, 2.24) is 9.88 Å². The number of nitrogens with zero attached hydrogens (tertiary/aromatic N) is 2. The van der Waals surface area contributed by atoms with Gasteiger partial charge in [-0.1, -0.05) is 42.5 Å². The van der Waals surface area contributed by atoms with E-state index < -0.39 is 0 Å². The molecule has 3 aromatic carbocycles. The van der Waals surface area contributed by atoms with Crippen molar-refractivity contribution < 1.29 is 4.79 Å². The van der Waals surface area contributed by atoms with Crippen LogP contribution in [0.1, 0.15) is 39.9 Å². The summed E-state index contributed by atoms with van der Waals surface area (Å²) in [5.74, 6) is 0.0346. The lowest BCUT2D eigenvalue weighted by atomic mass is 9.92. The van der Waals surface area contributed by atoms with Crippen molar-refractivity contribution in [3.05, 3.63) is 70.8 Å². The van der Waals surface area contributed by atoms with E-state index in [0.717, 1.165) is 42.5 Å². The van der Waals surface area contributed by atoms with Crippen LogP contribution in [-0.2, 0) is 19.5 Å². The van der Waals surface area contributed by atoms with Gasteiger partial charge in [0.05, 0.1) is 22.6 Å². The Morgan fingerprint density at radius 3 is 2.67 bits per heavy atom. The number of rotatable bonds is 2. The average molecular weight is 389 g/mol. The molecule has 2 heterocycles. The first-order valence-electron chi connectivity index (χ1n) is 10.6. The van der Waals surface area contributed by atoms with E-state index in [9.17, 15) is 10.1 Å². The zero-order chi connectivity index (χ0) is 20.0. The molecule has 0 atom stereocenters. The lowest BCUT2D eigenvalue weighted by molar-refractivity contribution is 0.0966. The molecule has 2 aliphatic carbocycles. The topological polar surface area (TPSA) is 57.8 Å². The van der Waals surface area contributed by atoms with E-state index in [4.69, 9.17) is 0 Å². The number of amides is 1. The fourth-order valence-corrected chi connectivity index (χ4v) is 5.65. The molecule has 0 unspecified atom stereocenters. The maximum absolute atomic E-state index is 12.9. The number of para-hydroxylation sites is 1. The number of aromatic nitrogens is 1. The van der Waals surface area contributed by atoms with E-state index in [1.807, 2.05) is 0 Å². The van der Waals surface area contributed by atoms with Gasteiger partial charge in [-0.05, 0) is 41.2 Å². The highest BCUT2D eigenvalue weighted by Crippen LogP contribution is 2.51. The molecule has 0 bridgehead atoms. The first kappa shape index (κ1) is 16.2. The van der Waals surface area contributed by atoms with Crippen molar-refractivity contribution >= 4 is 27.7 Å². The highest BCUT2D eigenvalue weighted by Gasteiger charge is 2.45. The van der Waals surface area contributed by atoms with Crippen LogP contribution in [0.25, 0.3) is 32.9 Å². The third-order valence-corrected chi connectivity index (χ3v) is 7.27.